The Balaban J connectivity index is 1.69. The van der Waals surface area contributed by atoms with E-state index in [9.17, 15) is 14.7 Å². The number of fused-ring (bicyclic) bond motifs is 5. The van der Waals surface area contributed by atoms with Gasteiger partial charge in [0.05, 0.1) is 4.43 Å². The summed E-state index contributed by atoms with van der Waals surface area (Å²) < 4.78 is 0.389. The first-order valence-corrected chi connectivity index (χ1v) is 11.0. The van der Waals surface area contributed by atoms with Crippen LogP contribution in [0.4, 0.5) is 0 Å². The first-order valence-electron chi connectivity index (χ1n) is 9.52. The average Bonchev–Trinajstić information content (AvgIpc) is 2.87. The van der Waals surface area contributed by atoms with Crippen molar-refractivity contribution < 1.29 is 14.7 Å². The van der Waals surface area contributed by atoms with Crippen molar-refractivity contribution in [3.8, 4) is 0 Å². The maximum Gasteiger partial charge on any atom is 0.178 e. The summed E-state index contributed by atoms with van der Waals surface area (Å²) in [6, 6.07) is 0. The third-order valence-electron chi connectivity index (χ3n) is 8.29. The molecule has 4 rings (SSSR count). The van der Waals surface area contributed by atoms with E-state index in [0.717, 1.165) is 32.1 Å². The van der Waals surface area contributed by atoms with Crippen LogP contribution in [0.1, 0.15) is 52.4 Å². The molecule has 0 aromatic carbocycles. The summed E-state index contributed by atoms with van der Waals surface area (Å²) in [4.78, 5) is 24.4. The molecule has 4 aliphatic rings. The van der Waals surface area contributed by atoms with Crippen LogP contribution in [0.2, 0.25) is 0 Å². The fourth-order valence-corrected chi connectivity index (χ4v) is 7.41. The van der Waals surface area contributed by atoms with Crippen molar-refractivity contribution in [3.63, 3.8) is 0 Å². The van der Waals surface area contributed by atoms with Crippen LogP contribution >= 0.6 is 22.6 Å². The Bertz CT molecular complexity index is 695. The van der Waals surface area contributed by atoms with Crippen LogP contribution in [0.15, 0.2) is 23.8 Å². The number of rotatable bonds is 2. The smallest absolute Gasteiger partial charge is 0.178 e. The maximum absolute atomic E-state index is 12.6. The van der Waals surface area contributed by atoms with Crippen molar-refractivity contribution in [1.29, 1.82) is 0 Å². The molecule has 0 unspecified atom stereocenters. The van der Waals surface area contributed by atoms with Crippen LogP contribution in [0.25, 0.3) is 0 Å². The van der Waals surface area contributed by atoms with Crippen LogP contribution < -0.4 is 0 Å². The summed E-state index contributed by atoms with van der Waals surface area (Å²) in [6.45, 7) is 4.46. The van der Waals surface area contributed by atoms with Gasteiger partial charge >= 0.3 is 0 Å². The Kier molecular flexibility index (Phi) is 4.12. The van der Waals surface area contributed by atoms with Crippen molar-refractivity contribution in [1.82, 2.24) is 0 Å². The lowest BCUT2D eigenvalue weighted by Crippen LogP contribution is -2.57. The number of ketones is 2. The molecule has 0 heterocycles. The molecule has 3 nitrogen and oxygen atoms in total. The second-order valence-corrected chi connectivity index (χ2v) is 9.78. The molecule has 0 aliphatic heterocycles. The van der Waals surface area contributed by atoms with Gasteiger partial charge in [0.25, 0.3) is 0 Å². The Labute approximate surface area is 163 Å². The maximum atomic E-state index is 12.6. The lowest BCUT2D eigenvalue weighted by Gasteiger charge is -2.57. The predicted octanol–water partition coefficient (Wildman–Crippen LogP) is 4.03. The van der Waals surface area contributed by atoms with Crippen LogP contribution in [0, 0.1) is 28.6 Å². The number of halogens is 1. The van der Waals surface area contributed by atoms with E-state index < -0.39 is 5.60 Å². The highest BCUT2D eigenvalue weighted by atomic mass is 127. The number of carbonyl (C=O) groups is 2. The first kappa shape index (κ1) is 17.9. The summed E-state index contributed by atoms with van der Waals surface area (Å²) in [6.07, 6.45) is 11.3. The monoisotopic (exact) mass is 454 g/mol. The topological polar surface area (TPSA) is 54.4 Å². The second-order valence-electron chi connectivity index (χ2n) is 9.02. The van der Waals surface area contributed by atoms with Gasteiger partial charge in [-0.25, -0.2) is 0 Å². The van der Waals surface area contributed by atoms with E-state index in [-0.39, 0.29) is 22.4 Å². The molecule has 1 N–H and O–H groups in total. The number of carbonyl (C=O) groups excluding carboxylic acids is 2. The van der Waals surface area contributed by atoms with Crippen molar-refractivity contribution >= 4 is 34.2 Å². The van der Waals surface area contributed by atoms with Crippen molar-refractivity contribution in [3.05, 3.63) is 23.8 Å². The normalized spacial score (nSPS) is 48.4. The van der Waals surface area contributed by atoms with E-state index in [1.165, 1.54) is 5.57 Å². The summed E-state index contributed by atoms with van der Waals surface area (Å²) >= 11 is 2.09. The zero-order valence-corrected chi connectivity index (χ0v) is 17.2. The second kappa shape index (κ2) is 5.75. The average molecular weight is 454 g/mol. The third kappa shape index (κ3) is 2.25. The van der Waals surface area contributed by atoms with Crippen LogP contribution in [-0.4, -0.2) is 26.7 Å². The number of Topliss-reactive ketones (excluding diaryl/α,β-unsaturated/α-hetero) is 1. The summed E-state index contributed by atoms with van der Waals surface area (Å²) in [5.74, 6) is 1.60. The van der Waals surface area contributed by atoms with Gasteiger partial charge in [-0.1, -0.05) is 48.1 Å². The van der Waals surface area contributed by atoms with Gasteiger partial charge in [0.1, 0.15) is 5.60 Å². The van der Waals surface area contributed by atoms with E-state index in [1.54, 1.807) is 6.08 Å². The fourth-order valence-electron chi connectivity index (χ4n) is 6.78. The van der Waals surface area contributed by atoms with Gasteiger partial charge in [0.15, 0.2) is 11.6 Å². The first-order chi connectivity index (χ1) is 11.8. The molecule has 0 amide bonds. The molecule has 6 atom stereocenters. The SMILES string of the molecule is C[C@]12C=CC(=O)C=C1CC[C@@H]1[C@@H]2CC[C@@]2(C)[C@H]1CC[C@]2(O)C(=O)CI. The van der Waals surface area contributed by atoms with E-state index in [0.29, 0.717) is 28.6 Å². The van der Waals surface area contributed by atoms with Crippen molar-refractivity contribution in [2.45, 2.75) is 58.0 Å². The highest BCUT2D eigenvalue weighted by molar-refractivity contribution is 14.1. The molecule has 0 spiro atoms. The molecular formula is C21H27IO3. The number of hydrogen-bond donors (Lipinski definition) is 1. The highest BCUT2D eigenvalue weighted by Crippen LogP contribution is 2.67. The molecule has 0 aromatic rings. The zero-order valence-electron chi connectivity index (χ0n) is 15.1. The Morgan fingerprint density at radius 2 is 1.96 bits per heavy atom. The summed E-state index contributed by atoms with van der Waals surface area (Å²) in [5, 5.41) is 11.3. The minimum atomic E-state index is -1.14. The summed E-state index contributed by atoms with van der Waals surface area (Å²) in [7, 11) is 0. The van der Waals surface area contributed by atoms with Crippen molar-refractivity contribution in [2.75, 3.05) is 4.43 Å². The minimum Gasteiger partial charge on any atom is -0.381 e. The molecule has 4 heteroatoms. The van der Waals surface area contributed by atoms with E-state index in [1.807, 2.05) is 6.08 Å². The summed E-state index contributed by atoms with van der Waals surface area (Å²) in [5.41, 5.74) is -0.158. The van der Waals surface area contributed by atoms with Gasteiger partial charge in [-0.15, -0.1) is 0 Å². The quantitative estimate of drug-likeness (QED) is 0.507. The lowest BCUT2D eigenvalue weighted by atomic mass is 9.47. The molecule has 0 bridgehead atoms. The van der Waals surface area contributed by atoms with Crippen LogP contribution in [0.5, 0.6) is 0 Å². The minimum absolute atomic E-state index is 0.0160. The Morgan fingerprint density at radius 1 is 1.24 bits per heavy atom. The van der Waals surface area contributed by atoms with Gasteiger partial charge in [-0.05, 0) is 68.4 Å². The third-order valence-corrected chi connectivity index (χ3v) is 8.98. The van der Waals surface area contributed by atoms with E-state index >= 15 is 0 Å². The number of allylic oxidation sites excluding steroid dienone is 4. The Hall–Kier alpha value is -0.490. The Morgan fingerprint density at radius 3 is 2.68 bits per heavy atom. The van der Waals surface area contributed by atoms with Crippen molar-refractivity contribution in [2.24, 2.45) is 28.6 Å². The van der Waals surface area contributed by atoms with Crippen LogP contribution in [0.3, 0.4) is 0 Å². The predicted molar refractivity (Wildman–Crippen MR) is 105 cm³/mol. The van der Waals surface area contributed by atoms with Crippen LogP contribution in [-0.2, 0) is 9.59 Å². The molecule has 0 saturated heterocycles. The molecule has 4 aliphatic carbocycles. The van der Waals surface area contributed by atoms with E-state index in [2.05, 4.69) is 42.5 Å². The largest absolute Gasteiger partial charge is 0.381 e. The molecule has 136 valence electrons. The van der Waals surface area contributed by atoms with Gasteiger partial charge in [-0.2, -0.15) is 0 Å². The molecule has 0 aromatic heterocycles. The number of alkyl halides is 1. The van der Waals surface area contributed by atoms with Gasteiger partial charge in [0, 0.05) is 10.8 Å². The molecule has 0 radical (unpaired) electrons. The number of hydrogen-bond acceptors (Lipinski definition) is 3. The number of aliphatic hydroxyl groups is 1. The lowest BCUT2D eigenvalue weighted by molar-refractivity contribution is -0.157. The van der Waals surface area contributed by atoms with Gasteiger partial charge in [-0.3, -0.25) is 9.59 Å². The molecule has 25 heavy (non-hydrogen) atoms. The highest BCUT2D eigenvalue weighted by Gasteiger charge is 2.65. The molecular weight excluding hydrogens is 427 g/mol. The standard InChI is InChI=1S/C21H27IO3/c1-19-8-5-14(23)11-13(19)3-4-15-16(19)6-9-20(2)17(15)7-10-21(20,25)18(24)12-22/h5,8,11,15-17,25H,3-4,6-7,9-10,12H2,1-2H3/t15-,16+,17+,19+,20+,21+/m1/s1. The molecule has 3 saturated carbocycles. The fraction of sp³-hybridized carbons (Fsp3) is 0.714. The van der Waals surface area contributed by atoms with Gasteiger partial charge in [0.2, 0.25) is 0 Å². The zero-order chi connectivity index (χ0) is 18.0. The molecule has 3 fully saturated rings. The van der Waals surface area contributed by atoms with E-state index in [4.69, 9.17) is 0 Å². The van der Waals surface area contributed by atoms with Gasteiger partial charge < -0.3 is 5.11 Å².